The number of methoxy groups -OCH3 is 1. The number of hydrogen-bond acceptors (Lipinski definition) is 3. The molecule has 1 heterocycles. The second-order valence-electron chi connectivity index (χ2n) is 7.84. The third kappa shape index (κ3) is 4.48. The first-order valence-corrected chi connectivity index (χ1v) is 9.51. The molecule has 0 radical (unpaired) electrons. The lowest BCUT2D eigenvalue weighted by molar-refractivity contribution is 0.156. The zero-order valence-corrected chi connectivity index (χ0v) is 17.2. The fourth-order valence-corrected chi connectivity index (χ4v) is 3.17. The summed E-state index contributed by atoms with van der Waals surface area (Å²) in [5.74, 6) is 1.95. The zero-order valence-electron chi connectivity index (χ0n) is 17.2. The van der Waals surface area contributed by atoms with E-state index >= 15 is 0 Å². The van der Waals surface area contributed by atoms with Crippen LogP contribution in [-0.2, 0) is 6.42 Å². The van der Waals surface area contributed by atoms with E-state index in [1.807, 2.05) is 18.2 Å². The number of phenolic OH excluding ortho intramolecular Hbond substituents is 1. The average molecular weight is 376 g/mol. The molecule has 0 atom stereocenters. The van der Waals surface area contributed by atoms with Gasteiger partial charge in [0.25, 0.3) is 0 Å². The van der Waals surface area contributed by atoms with Gasteiger partial charge in [0.2, 0.25) is 0 Å². The average Bonchev–Trinajstić information content (AvgIpc) is 2.64. The van der Waals surface area contributed by atoms with Gasteiger partial charge in [0, 0.05) is 5.56 Å². The highest BCUT2D eigenvalue weighted by Crippen LogP contribution is 2.42. The van der Waals surface area contributed by atoms with E-state index in [0.717, 1.165) is 40.2 Å². The number of rotatable bonds is 5. The third-order valence-electron chi connectivity index (χ3n) is 4.72. The Bertz CT molecular complexity index is 941. The molecule has 1 N–H and O–H groups in total. The molecule has 3 rings (SSSR count). The topological polar surface area (TPSA) is 38.7 Å². The predicted molar refractivity (Wildman–Crippen MR) is 117 cm³/mol. The Morgan fingerprint density at radius 3 is 2.50 bits per heavy atom. The van der Waals surface area contributed by atoms with E-state index in [-0.39, 0.29) is 11.4 Å². The van der Waals surface area contributed by atoms with Gasteiger partial charge in [0.15, 0.2) is 0 Å². The number of hydrogen-bond donors (Lipinski definition) is 1. The molecule has 0 spiro atoms. The van der Waals surface area contributed by atoms with Gasteiger partial charge in [-0.3, -0.25) is 0 Å². The standard InChI is InChI=1S/C25H28O3/c1-17(2)6-13-21-19(10-7-18-8-11-20(26)12-9-18)16-23(27-5)22-14-15-25(3,4)28-24(21)22/h6-12,14-16,26H,13H2,1-5H3/b10-7+. The summed E-state index contributed by atoms with van der Waals surface area (Å²) in [7, 11) is 1.69. The lowest BCUT2D eigenvalue weighted by Gasteiger charge is -2.31. The molecule has 0 amide bonds. The number of fused-ring (bicyclic) bond motifs is 1. The van der Waals surface area contributed by atoms with Crippen LogP contribution in [0.4, 0.5) is 0 Å². The van der Waals surface area contributed by atoms with Crippen molar-refractivity contribution in [3.8, 4) is 17.2 Å². The van der Waals surface area contributed by atoms with Crippen LogP contribution in [0.3, 0.4) is 0 Å². The summed E-state index contributed by atoms with van der Waals surface area (Å²) < 4.78 is 12.0. The molecule has 1 aliphatic heterocycles. The van der Waals surface area contributed by atoms with Gasteiger partial charge in [-0.25, -0.2) is 0 Å². The molecule has 3 nitrogen and oxygen atoms in total. The van der Waals surface area contributed by atoms with E-state index in [2.05, 4.69) is 58.1 Å². The van der Waals surface area contributed by atoms with Crippen molar-refractivity contribution in [2.75, 3.05) is 7.11 Å². The maximum Gasteiger partial charge on any atom is 0.135 e. The van der Waals surface area contributed by atoms with Gasteiger partial charge >= 0.3 is 0 Å². The van der Waals surface area contributed by atoms with Gasteiger partial charge in [0.05, 0.1) is 12.7 Å². The predicted octanol–water partition coefficient (Wildman–Crippen LogP) is 6.26. The maximum absolute atomic E-state index is 9.49. The SMILES string of the molecule is COc1cc(/C=C/c2ccc(O)cc2)c(CC=C(C)C)c2c1C=CC(C)(C)O2. The molecule has 3 heteroatoms. The summed E-state index contributed by atoms with van der Waals surface area (Å²) in [6.07, 6.45) is 11.3. The van der Waals surface area contributed by atoms with E-state index in [9.17, 15) is 5.11 Å². The molecule has 2 aromatic carbocycles. The summed E-state index contributed by atoms with van der Waals surface area (Å²) >= 11 is 0. The molecule has 0 saturated heterocycles. The molecular formula is C25H28O3. The van der Waals surface area contributed by atoms with E-state index < -0.39 is 0 Å². The summed E-state index contributed by atoms with van der Waals surface area (Å²) in [4.78, 5) is 0. The minimum absolute atomic E-state index is 0.263. The van der Waals surface area contributed by atoms with Crippen molar-refractivity contribution < 1.29 is 14.6 Å². The summed E-state index contributed by atoms with van der Waals surface area (Å²) in [5, 5.41) is 9.49. The minimum atomic E-state index is -0.364. The molecular weight excluding hydrogens is 348 g/mol. The highest BCUT2D eigenvalue weighted by atomic mass is 16.5. The first kappa shape index (κ1) is 19.8. The van der Waals surface area contributed by atoms with Crippen molar-refractivity contribution in [3.05, 3.63) is 70.3 Å². The molecule has 2 aromatic rings. The highest BCUT2D eigenvalue weighted by Gasteiger charge is 2.27. The Morgan fingerprint density at radius 2 is 1.86 bits per heavy atom. The van der Waals surface area contributed by atoms with Crippen LogP contribution in [0.5, 0.6) is 17.2 Å². The molecule has 1 aliphatic rings. The summed E-state index contributed by atoms with van der Waals surface area (Å²) in [6, 6.07) is 9.22. The quantitative estimate of drug-likeness (QED) is 0.494. The monoisotopic (exact) mass is 376 g/mol. The van der Waals surface area contributed by atoms with Crippen molar-refractivity contribution in [1.82, 2.24) is 0 Å². The first-order chi connectivity index (χ1) is 13.3. The Kier molecular flexibility index (Phi) is 5.64. The Labute approximate surface area is 167 Å². The second-order valence-corrected chi connectivity index (χ2v) is 7.84. The molecule has 0 unspecified atom stereocenters. The van der Waals surface area contributed by atoms with Crippen molar-refractivity contribution in [2.45, 2.75) is 39.7 Å². The Balaban J connectivity index is 2.13. The van der Waals surface area contributed by atoms with Crippen molar-refractivity contribution in [1.29, 1.82) is 0 Å². The Hall–Kier alpha value is -2.94. The van der Waals surface area contributed by atoms with Gasteiger partial charge in [-0.05, 0) is 75.6 Å². The zero-order chi connectivity index (χ0) is 20.3. The largest absolute Gasteiger partial charge is 0.508 e. The lowest BCUT2D eigenvalue weighted by Crippen LogP contribution is -2.28. The number of ether oxygens (including phenoxy) is 2. The van der Waals surface area contributed by atoms with E-state index in [1.165, 1.54) is 5.57 Å². The normalized spacial score (nSPS) is 14.5. The summed E-state index contributed by atoms with van der Waals surface area (Å²) in [6.45, 7) is 8.32. The fourth-order valence-electron chi connectivity index (χ4n) is 3.17. The fraction of sp³-hybridized carbons (Fsp3) is 0.280. The second kappa shape index (κ2) is 7.97. The first-order valence-electron chi connectivity index (χ1n) is 9.51. The van der Waals surface area contributed by atoms with E-state index in [0.29, 0.717) is 0 Å². The molecule has 28 heavy (non-hydrogen) atoms. The maximum atomic E-state index is 9.49. The number of allylic oxidation sites excluding steroid dienone is 2. The Morgan fingerprint density at radius 1 is 1.14 bits per heavy atom. The van der Waals surface area contributed by atoms with Crippen LogP contribution in [0, 0.1) is 0 Å². The van der Waals surface area contributed by atoms with Crippen LogP contribution in [0.15, 0.2) is 48.1 Å². The number of aromatic hydroxyl groups is 1. The molecule has 0 saturated carbocycles. The molecule has 0 aliphatic carbocycles. The van der Waals surface area contributed by atoms with Gasteiger partial charge < -0.3 is 14.6 Å². The van der Waals surface area contributed by atoms with E-state index in [4.69, 9.17) is 9.47 Å². The van der Waals surface area contributed by atoms with Crippen LogP contribution in [0.25, 0.3) is 18.2 Å². The van der Waals surface area contributed by atoms with E-state index in [1.54, 1.807) is 19.2 Å². The van der Waals surface area contributed by atoms with Gasteiger partial charge in [0.1, 0.15) is 22.8 Å². The highest BCUT2D eigenvalue weighted by molar-refractivity contribution is 5.79. The van der Waals surface area contributed by atoms with Crippen LogP contribution in [0.2, 0.25) is 0 Å². The van der Waals surface area contributed by atoms with Crippen molar-refractivity contribution >= 4 is 18.2 Å². The molecule has 0 bridgehead atoms. The van der Waals surface area contributed by atoms with Crippen LogP contribution in [0.1, 0.15) is 49.9 Å². The number of phenols is 1. The van der Waals surface area contributed by atoms with Crippen molar-refractivity contribution in [2.24, 2.45) is 0 Å². The van der Waals surface area contributed by atoms with Gasteiger partial charge in [-0.2, -0.15) is 0 Å². The summed E-state index contributed by atoms with van der Waals surface area (Å²) in [5.41, 5.74) is 5.11. The number of benzene rings is 2. The smallest absolute Gasteiger partial charge is 0.135 e. The van der Waals surface area contributed by atoms with Crippen LogP contribution >= 0.6 is 0 Å². The minimum Gasteiger partial charge on any atom is -0.508 e. The molecule has 0 fully saturated rings. The molecule has 0 aromatic heterocycles. The van der Waals surface area contributed by atoms with Crippen LogP contribution < -0.4 is 9.47 Å². The van der Waals surface area contributed by atoms with Crippen LogP contribution in [-0.4, -0.2) is 17.8 Å². The lowest BCUT2D eigenvalue weighted by atomic mass is 9.93. The van der Waals surface area contributed by atoms with Gasteiger partial charge in [-0.15, -0.1) is 0 Å². The molecule has 146 valence electrons. The van der Waals surface area contributed by atoms with Crippen molar-refractivity contribution in [3.63, 3.8) is 0 Å². The third-order valence-corrected chi connectivity index (χ3v) is 4.72. The van der Waals surface area contributed by atoms with Gasteiger partial charge in [-0.1, -0.05) is 35.9 Å².